The van der Waals surface area contributed by atoms with E-state index in [1.165, 1.54) is 0 Å². The highest BCUT2D eigenvalue weighted by Crippen LogP contribution is 2.04. The van der Waals surface area contributed by atoms with E-state index in [1.54, 1.807) is 6.20 Å². The first-order valence-electron chi connectivity index (χ1n) is 4.10. The zero-order valence-corrected chi connectivity index (χ0v) is 7.82. The molecule has 0 saturated heterocycles. The van der Waals surface area contributed by atoms with Gasteiger partial charge in [-0.2, -0.15) is 5.10 Å². The van der Waals surface area contributed by atoms with Crippen molar-refractivity contribution >= 4 is 0 Å². The van der Waals surface area contributed by atoms with E-state index in [-0.39, 0.29) is 0 Å². The third kappa shape index (κ3) is 3.00. The van der Waals surface area contributed by atoms with Gasteiger partial charge in [0.25, 0.3) is 0 Å². The summed E-state index contributed by atoms with van der Waals surface area (Å²) in [6.45, 7) is 4.19. The van der Waals surface area contributed by atoms with E-state index in [2.05, 4.69) is 15.5 Å². The molecule has 70 valence electrons. The summed E-state index contributed by atoms with van der Waals surface area (Å²) in [5, 5.41) is 9.20. The standard InChI is InChI=1S/C6H10FN3.C2H6/c1-8-3-5-4-9-10-6(5)2-7;1-2/h4,8H,2-3H2,1H3,(H,9,10);1-2H3. The Bertz CT molecular complexity index is 198. The number of halogens is 1. The number of hydrogen-bond acceptors (Lipinski definition) is 2. The van der Waals surface area contributed by atoms with Crippen LogP contribution in [0.25, 0.3) is 0 Å². The van der Waals surface area contributed by atoms with Gasteiger partial charge in [0, 0.05) is 12.1 Å². The van der Waals surface area contributed by atoms with Crippen LogP contribution in [0.3, 0.4) is 0 Å². The number of nitrogens with zero attached hydrogens (tertiary/aromatic N) is 1. The first-order valence-corrected chi connectivity index (χ1v) is 4.10. The molecule has 0 spiro atoms. The van der Waals surface area contributed by atoms with Gasteiger partial charge in [0.2, 0.25) is 0 Å². The van der Waals surface area contributed by atoms with E-state index in [0.717, 1.165) is 5.56 Å². The molecule has 1 aromatic heterocycles. The normalized spacial score (nSPS) is 9.00. The first kappa shape index (κ1) is 11.1. The van der Waals surface area contributed by atoms with Crippen LogP contribution in [0.1, 0.15) is 25.1 Å². The monoisotopic (exact) mass is 173 g/mol. The Kier molecular flexibility index (Phi) is 6.28. The lowest BCUT2D eigenvalue weighted by Gasteiger charge is -1.95. The summed E-state index contributed by atoms with van der Waals surface area (Å²) in [5.74, 6) is 0. The van der Waals surface area contributed by atoms with Gasteiger partial charge in [-0.3, -0.25) is 5.10 Å². The molecule has 0 aromatic carbocycles. The van der Waals surface area contributed by atoms with Crippen LogP contribution in [0.5, 0.6) is 0 Å². The van der Waals surface area contributed by atoms with Crippen molar-refractivity contribution in [2.75, 3.05) is 7.05 Å². The second kappa shape index (κ2) is 6.79. The van der Waals surface area contributed by atoms with Gasteiger partial charge < -0.3 is 5.32 Å². The van der Waals surface area contributed by atoms with Crippen LogP contribution in [0.2, 0.25) is 0 Å². The quantitative estimate of drug-likeness (QED) is 0.729. The Hall–Kier alpha value is -0.900. The second-order valence-corrected chi connectivity index (χ2v) is 2.04. The van der Waals surface area contributed by atoms with Gasteiger partial charge in [-0.15, -0.1) is 0 Å². The molecule has 0 unspecified atom stereocenters. The Morgan fingerprint density at radius 1 is 1.58 bits per heavy atom. The lowest BCUT2D eigenvalue weighted by molar-refractivity contribution is 0.472. The Morgan fingerprint density at radius 3 is 2.75 bits per heavy atom. The van der Waals surface area contributed by atoms with Crippen LogP contribution in [0.15, 0.2) is 6.20 Å². The van der Waals surface area contributed by atoms with E-state index in [1.807, 2.05) is 20.9 Å². The van der Waals surface area contributed by atoms with Crippen molar-refractivity contribution in [3.63, 3.8) is 0 Å². The van der Waals surface area contributed by atoms with E-state index in [0.29, 0.717) is 12.2 Å². The predicted molar refractivity (Wildman–Crippen MR) is 47.5 cm³/mol. The highest BCUT2D eigenvalue weighted by Gasteiger charge is 2.01. The average molecular weight is 173 g/mol. The van der Waals surface area contributed by atoms with Crippen molar-refractivity contribution in [2.24, 2.45) is 0 Å². The molecule has 0 amide bonds. The van der Waals surface area contributed by atoms with Gasteiger partial charge in [0.15, 0.2) is 0 Å². The minimum atomic E-state index is -0.475. The molecule has 1 heterocycles. The maximum atomic E-state index is 12.0. The molecule has 2 N–H and O–H groups in total. The molecule has 0 fully saturated rings. The van der Waals surface area contributed by atoms with Crippen molar-refractivity contribution in [3.8, 4) is 0 Å². The smallest absolute Gasteiger partial charge is 0.131 e. The minimum absolute atomic E-state index is 0.475. The van der Waals surface area contributed by atoms with Crippen molar-refractivity contribution < 1.29 is 4.39 Å². The zero-order chi connectivity index (χ0) is 9.40. The summed E-state index contributed by atoms with van der Waals surface area (Å²) in [6, 6.07) is 0. The van der Waals surface area contributed by atoms with Crippen molar-refractivity contribution in [1.82, 2.24) is 15.5 Å². The molecule has 0 saturated carbocycles. The van der Waals surface area contributed by atoms with Crippen LogP contribution in [0, 0.1) is 0 Å². The molecule has 0 aliphatic carbocycles. The molecule has 12 heavy (non-hydrogen) atoms. The number of nitrogens with one attached hydrogen (secondary N) is 2. The average Bonchev–Trinajstić information content (AvgIpc) is 2.56. The van der Waals surface area contributed by atoms with Gasteiger partial charge in [-0.1, -0.05) is 13.8 Å². The lowest BCUT2D eigenvalue weighted by Crippen LogP contribution is -2.05. The number of aromatic amines is 1. The fourth-order valence-electron chi connectivity index (χ4n) is 0.796. The van der Waals surface area contributed by atoms with Gasteiger partial charge >= 0.3 is 0 Å². The summed E-state index contributed by atoms with van der Waals surface area (Å²) in [5.41, 5.74) is 1.46. The summed E-state index contributed by atoms with van der Waals surface area (Å²) in [6.07, 6.45) is 1.63. The molecule has 0 aliphatic heterocycles. The van der Waals surface area contributed by atoms with Crippen molar-refractivity contribution in [3.05, 3.63) is 17.5 Å². The van der Waals surface area contributed by atoms with Gasteiger partial charge in [0.1, 0.15) is 6.67 Å². The fraction of sp³-hybridized carbons (Fsp3) is 0.625. The van der Waals surface area contributed by atoms with Crippen LogP contribution < -0.4 is 5.32 Å². The molecular formula is C8H16FN3. The van der Waals surface area contributed by atoms with Crippen molar-refractivity contribution in [2.45, 2.75) is 27.1 Å². The fourth-order valence-corrected chi connectivity index (χ4v) is 0.796. The second-order valence-electron chi connectivity index (χ2n) is 2.04. The predicted octanol–water partition coefficient (Wildman–Crippen LogP) is 1.62. The molecule has 1 aromatic rings. The van der Waals surface area contributed by atoms with Crippen LogP contribution in [-0.4, -0.2) is 17.2 Å². The number of aromatic nitrogens is 2. The number of rotatable bonds is 3. The topological polar surface area (TPSA) is 40.7 Å². The van der Waals surface area contributed by atoms with Gasteiger partial charge in [-0.25, -0.2) is 4.39 Å². The van der Waals surface area contributed by atoms with Crippen molar-refractivity contribution in [1.29, 1.82) is 0 Å². The molecule has 0 bridgehead atoms. The van der Waals surface area contributed by atoms with Crippen LogP contribution >= 0.6 is 0 Å². The largest absolute Gasteiger partial charge is 0.316 e. The van der Waals surface area contributed by atoms with E-state index in [4.69, 9.17) is 0 Å². The van der Waals surface area contributed by atoms with E-state index < -0.39 is 6.67 Å². The SMILES string of the molecule is CC.CNCc1cn[nH]c1CF. The molecule has 0 atom stereocenters. The van der Waals surface area contributed by atoms with Gasteiger partial charge in [-0.05, 0) is 7.05 Å². The van der Waals surface area contributed by atoms with E-state index >= 15 is 0 Å². The van der Waals surface area contributed by atoms with Crippen LogP contribution in [0.4, 0.5) is 4.39 Å². The minimum Gasteiger partial charge on any atom is -0.316 e. The summed E-state index contributed by atoms with van der Waals surface area (Å²) in [4.78, 5) is 0. The molecule has 4 heteroatoms. The lowest BCUT2D eigenvalue weighted by atomic mass is 10.2. The van der Waals surface area contributed by atoms with E-state index in [9.17, 15) is 4.39 Å². The number of alkyl halides is 1. The number of hydrogen-bond donors (Lipinski definition) is 2. The van der Waals surface area contributed by atoms with Gasteiger partial charge in [0.05, 0.1) is 11.9 Å². The highest BCUT2D eigenvalue weighted by molar-refractivity contribution is 5.14. The summed E-state index contributed by atoms with van der Waals surface area (Å²) in [7, 11) is 1.81. The third-order valence-corrected chi connectivity index (χ3v) is 1.31. The molecule has 0 aliphatic rings. The maximum Gasteiger partial charge on any atom is 0.131 e. The highest BCUT2D eigenvalue weighted by atomic mass is 19.1. The Morgan fingerprint density at radius 2 is 2.25 bits per heavy atom. The summed E-state index contributed by atoms with van der Waals surface area (Å²) >= 11 is 0. The zero-order valence-electron chi connectivity index (χ0n) is 7.82. The molecule has 0 radical (unpaired) electrons. The molecule has 1 rings (SSSR count). The third-order valence-electron chi connectivity index (χ3n) is 1.31. The number of H-pyrrole nitrogens is 1. The maximum absolute atomic E-state index is 12.0. The summed E-state index contributed by atoms with van der Waals surface area (Å²) < 4.78 is 12.0. The molecular weight excluding hydrogens is 157 g/mol. The first-order chi connectivity index (χ1) is 5.88. The van der Waals surface area contributed by atoms with Crippen LogP contribution in [-0.2, 0) is 13.2 Å². The Balaban J connectivity index is 0.000000561. The molecule has 3 nitrogen and oxygen atoms in total. The Labute approximate surface area is 72.4 Å².